The predicted molar refractivity (Wildman–Crippen MR) is 63.8 cm³/mol. The molecule has 1 aromatic carbocycles. The van der Waals surface area contributed by atoms with Crippen molar-refractivity contribution < 1.29 is 0 Å². The van der Waals surface area contributed by atoms with Gasteiger partial charge in [0.15, 0.2) is 0 Å². The molecule has 0 aliphatic carbocycles. The quantitative estimate of drug-likeness (QED) is 0.629. The van der Waals surface area contributed by atoms with E-state index in [-0.39, 0.29) is 6.04 Å². The molecule has 5 heteroatoms. The second-order valence-corrected chi connectivity index (χ2v) is 3.92. The van der Waals surface area contributed by atoms with Crippen molar-refractivity contribution in [2.45, 2.75) is 6.04 Å². The molecule has 1 aromatic heterocycles. The first-order valence-electron chi connectivity index (χ1n) is 4.92. The summed E-state index contributed by atoms with van der Waals surface area (Å²) in [7, 11) is 1.92. The zero-order valence-corrected chi connectivity index (χ0v) is 9.65. The summed E-state index contributed by atoms with van der Waals surface area (Å²) in [5.74, 6) is 6.40. The van der Waals surface area contributed by atoms with Crippen LogP contribution in [-0.2, 0) is 7.05 Å². The van der Waals surface area contributed by atoms with Crippen LogP contribution in [0.3, 0.4) is 0 Å². The van der Waals surface area contributed by atoms with E-state index in [2.05, 4.69) is 10.4 Å². The Balaban J connectivity index is 2.45. The average molecular weight is 237 g/mol. The Morgan fingerprint density at radius 2 is 2.19 bits per heavy atom. The number of imidazole rings is 1. The summed E-state index contributed by atoms with van der Waals surface area (Å²) in [5.41, 5.74) is 3.65. The summed E-state index contributed by atoms with van der Waals surface area (Å²) < 4.78 is 1.91. The molecule has 1 unspecified atom stereocenters. The van der Waals surface area contributed by atoms with Crippen LogP contribution in [0.2, 0.25) is 5.02 Å². The smallest absolute Gasteiger partial charge is 0.131 e. The molecule has 0 aliphatic heterocycles. The maximum atomic E-state index is 6.13. The standard InChI is InChI=1S/C11H13ClN4/c1-16-7-6-14-11(16)10(15-13)8-4-2-3-5-9(8)12/h2-7,10,15H,13H2,1H3. The van der Waals surface area contributed by atoms with Gasteiger partial charge in [-0.1, -0.05) is 29.8 Å². The zero-order valence-electron chi connectivity index (χ0n) is 8.89. The average Bonchev–Trinajstić information content (AvgIpc) is 2.69. The Hall–Kier alpha value is -1.36. The van der Waals surface area contributed by atoms with Gasteiger partial charge in [0.1, 0.15) is 11.9 Å². The van der Waals surface area contributed by atoms with Crippen molar-refractivity contribution in [1.82, 2.24) is 15.0 Å². The molecule has 0 saturated carbocycles. The second kappa shape index (κ2) is 4.65. The highest BCUT2D eigenvalue weighted by molar-refractivity contribution is 6.31. The number of rotatable bonds is 3. The van der Waals surface area contributed by atoms with Crippen molar-refractivity contribution in [3.05, 3.63) is 53.1 Å². The maximum absolute atomic E-state index is 6.13. The molecule has 0 bridgehead atoms. The van der Waals surface area contributed by atoms with E-state index in [9.17, 15) is 0 Å². The maximum Gasteiger partial charge on any atom is 0.131 e. The first-order valence-corrected chi connectivity index (χ1v) is 5.29. The molecule has 3 N–H and O–H groups in total. The number of nitrogens with one attached hydrogen (secondary N) is 1. The van der Waals surface area contributed by atoms with Crippen molar-refractivity contribution in [3.63, 3.8) is 0 Å². The predicted octanol–water partition coefficient (Wildman–Crippen LogP) is 1.63. The Bertz CT molecular complexity index is 480. The van der Waals surface area contributed by atoms with Gasteiger partial charge in [-0.15, -0.1) is 0 Å². The van der Waals surface area contributed by atoms with Crippen molar-refractivity contribution in [2.24, 2.45) is 12.9 Å². The number of aromatic nitrogens is 2. The number of hydrogen-bond donors (Lipinski definition) is 2. The van der Waals surface area contributed by atoms with E-state index in [0.29, 0.717) is 5.02 Å². The van der Waals surface area contributed by atoms with Crippen molar-refractivity contribution >= 4 is 11.6 Å². The van der Waals surface area contributed by atoms with E-state index in [1.807, 2.05) is 42.1 Å². The number of hydrazine groups is 1. The molecule has 84 valence electrons. The number of benzene rings is 1. The van der Waals surface area contributed by atoms with Gasteiger partial charge in [-0.3, -0.25) is 5.84 Å². The van der Waals surface area contributed by atoms with Gasteiger partial charge in [0.05, 0.1) is 0 Å². The van der Waals surface area contributed by atoms with E-state index >= 15 is 0 Å². The molecule has 0 aliphatic rings. The molecular formula is C11H13ClN4. The van der Waals surface area contributed by atoms with Crippen LogP contribution in [0.1, 0.15) is 17.4 Å². The fourth-order valence-corrected chi connectivity index (χ4v) is 1.91. The van der Waals surface area contributed by atoms with Crippen LogP contribution in [0.4, 0.5) is 0 Å². The van der Waals surface area contributed by atoms with Gasteiger partial charge < -0.3 is 4.57 Å². The van der Waals surface area contributed by atoms with Crippen LogP contribution in [0.15, 0.2) is 36.7 Å². The second-order valence-electron chi connectivity index (χ2n) is 3.52. The highest BCUT2D eigenvalue weighted by atomic mass is 35.5. The van der Waals surface area contributed by atoms with Crippen LogP contribution in [0.25, 0.3) is 0 Å². The van der Waals surface area contributed by atoms with E-state index < -0.39 is 0 Å². The molecule has 2 rings (SSSR count). The Morgan fingerprint density at radius 1 is 1.44 bits per heavy atom. The van der Waals surface area contributed by atoms with Crippen LogP contribution >= 0.6 is 11.6 Å². The van der Waals surface area contributed by atoms with E-state index in [4.69, 9.17) is 17.4 Å². The fraction of sp³-hybridized carbons (Fsp3) is 0.182. The van der Waals surface area contributed by atoms with Gasteiger partial charge in [-0.25, -0.2) is 10.4 Å². The summed E-state index contributed by atoms with van der Waals surface area (Å²) in [6.45, 7) is 0. The van der Waals surface area contributed by atoms with E-state index in [1.165, 1.54) is 0 Å². The van der Waals surface area contributed by atoms with Crippen molar-refractivity contribution in [1.29, 1.82) is 0 Å². The van der Waals surface area contributed by atoms with Crippen LogP contribution < -0.4 is 11.3 Å². The topological polar surface area (TPSA) is 55.9 Å². The minimum absolute atomic E-state index is 0.200. The lowest BCUT2D eigenvalue weighted by molar-refractivity contribution is 0.580. The Labute approximate surface area is 99.0 Å². The number of nitrogens with zero attached hydrogens (tertiary/aromatic N) is 2. The zero-order chi connectivity index (χ0) is 11.5. The number of halogens is 1. The van der Waals surface area contributed by atoms with E-state index in [1.54, 1.807) is 6.20 Å². The van der Waals surface area contributed by atoms with Crippen molar-refractivity contribution in [3.8, 4) is 0 Å². The molecule has 1 heterocycles. The number of aryl methyl sites for hydroxylation is 1. The monoisotopic (exact) mass is 236 g/mol. The molecule has 0 fully saturated rings. The first-order chi connectivity index (χ1) is 7.74. The molecule has 2 aromatic rings. The molecule has 1 atom stereocenters. The van der Waals surface area contributed by atoms with Crippen LogP contribution in [0.5, 0.6) is 0 Å². The third-order valence-electron chi connectivity index (χ3n) is 2.50. The molecule has 0 saturated heterocycles. The Morgan fingerprint density at radius 3 is 2.75 bits per heavy atom. The largest absolute Gasteiger partial charge is 0.336 e. The minimum Gasteiger partial charge on any atom is -0.336 e. The summed E-state index contributed by atoms with van der Waals surface area (Å²) in [6, 6.07) is 7.38. The lowest BCUT2D eigenvalue weighted by Crippen LogP contribution is -2.31. The highest BCUT2D eigenvalue weighted by Crippen LogP contribution is 2.26. The summed E-state index contributed by atoms with van der Waals surface area (Å²) in [5, 5.41) is 0.674. The first kappa shape index (κ1) is 11.1. The number of nitrogens with two attached hydrogens (primary N) is 1. The summed E-state index contributed by atoms with van der Waals surface area (Å²) in [6.07, 6.45) is 3.60. The normalized spacial score (nSPS) is 12.7. The molecule has 4 nitrogen and oxygen atoms in total. The third-order valence-corrected chi connectivity index (χ3v) is 2.84. The summed E-state index contributed by atoms with van der Waals surface area (Å²) in [4.78, 5) is 4.27. The van der Waals surface area contributed by atoms with Gasteiger partial charge in [-0.2, -0.15) is 0 Å². The van der Waals surface area contributed by atoms with Gasteiger partial charge in [0, 0.05) is 24.5 Å². The Kier molecular flexibility index (Phi) is 3.24. The van der Waals surface area contributed by atoms with Gasteiger partial charge in [0.25, 0.3) is 0 Å². The van der Waals surface area contributed by atoms with E-state index in [0.717, 1.165) is 11.4 Å². The van der Waals surface area contributed by atoms with Crippen LogP contribution in [0, 0.1) is 0 Å². The lowest BCUT2D eigenvalue weighted by Gasteiger charge is -2.17. The van der Waals surface area contributed by atoms with Gasteiger partial charge in [-0.05, 0) is 11.6 Å². The van der Waals surface area contributed by atoms with Gasteiger partial charge in [0.2, 0.25) is 0 Å². The molecular weight excluding hydrogens is 224 g/mol. The fourth-order valence-electron chi connectivity index (χ4n) is 1.67. The SMILES string of the molecule is Cn1ccnc1C(NN)c1ccccc1Cl. The van der Waals surface area contributed by atoms with Gasteiger partial charge >= 0.3 is 0 Å². The molecule has 16 heavy (non-hydrogen) atoms. The molecule has 0 amide bonds. The van der Waals surface area contributed by atoms with Crippen LogP contribution in [-0.4, -0.2) is 9.55 Å². The lowest BCUT2D eigenvalue weighted by atomic mass is 10.1. The number of hydrogen-bond acceptors (Lipinski definition) is 3. The minimum atomic E-state index is -0.200. The highest BCUT2D eigenvalue weighted by Gasteiger charge is 2.18. The summed E-state index contributed by atoms with van der Waals surface area (Å²) >= 11 is 6.13. The molecule has 0 spiro atoms. The third kappa shape index (κ3) is 1.95. The molecule has 0 radical (unpaired) electrons. The van der Waals surface area contributed by atoms with Crippen molar-refractivity contribution in [2.75, 3.05) is 0 Å².